The van der Waals surface area contributed by atoms with Crippen LogP contribution in [-0.2, 0) is 16.1 Å². The molecule has 1 saturated carbocycles. The first-order valence-electron chi connectivity index (χ1n) is 16.6. The van der Waals surface area contributed by atoms with Crippen LogP contribution in [0.5, 0.6) is 5.75 Å². The number of nitrogens with one attached hydrogen (secondary N) is 2. The van der Waals surface area contributed by atoms with Gasteiger partial charge in [-0.15, -0.1) is 5.10 Å². The van der Waals surface area contributed by atoms with Crippen LogP contribution in [0.4, 0.5) is 5.69 Å². The molecule has 1 heterocycles. The molecule has 0 bridgehead atoms. The Hall–Kier alpha value is -4.24. The molecule has 4 rings (SSSR count). The lowest BCUT2D eigenvalue weighted by atomic mass is 9.91. The number of nitrogen functional groups attached to an aromatic ring is 1. The van der Waals surface area contributed by atoms with Crippen molar-refractivity contribution in [1.82, 2.24) is 30.7 Å². The highest BCUT2D eigenvalue weighted by Gasteiger charge is 2.23. The molecule has 0 aliphatic heterocycles. The number of aromatic nitrogens is 3. The maximum Gasteiger partial charge on any atom is 0.234 e. The first-order valence-corrected chi connectivity index (χ1v) is 16.6. The summed E-state index contributed by atoms with van der Waals surface area (Å²) in [5.74, 6) is 7.03. The zero-order chi connectivity index (χ0) is 33.4. The van der Waals surface area contributed by atoms with Crippen LogP contribution in [0.2, 0.25) is 0 Å². The molecule has 2 aromatic carbocycles. The van der Waals surface area contributed by atoms with Crippen molar-refractivity contribution >= 4 is 17.9 Å². The quantitative estimate of drug-likeness (QED) is 0.0615. The number of rotatable bonds is 17. The molecule has 1 aliphatic carbocycles. The van der Waals surface area contributed by atoms with Crippen molar-refractivity contribution in [3.05, 3.63) is 59.3 Å². The Bertz CT molecular complexity index is 1500. The van der Waals surface area contributed by atoms with Crippen LogP contribution in [0.15, 0.2) is 42.6 Å². The van der Waals surface area contributed by atoms with Gasteiger partial charge in [-0.2, -0.15) is 0 Å². The first-order chi connectivity index (χ1) is 22.9. The molecule has 1 fully saturated rings. The van der Waals surface area contributed by atoms with E-state index >= 15 is 0 Å². The van der Waals surface area contributed by atoms with Gasteiger partial charge in [0, 0.05) is 62.3 Å². The summed E-state index contributed by atoms with van der Waals surface area (Å²) in [6.07, 6.45) is 11.0. The van der Waals surface area contributed by atoms with Crippen molar-refractivity contribution < 1.29 is 19.1 Å². The van der Waals surface area contributed by atoms with E-state index in [2.05, 4.69) is 39.8 Å². The number of nitrogens with two attached hydrogens (primary N) is 1. The normalized spacial score (nSPS) is 16.0. The molecule has 11 heteroatoms. The molecular weight excluding hydrogens is 594 g/mol. The van der Waals surface area contributed by atoms with Gasteiger partial charge in [0.25, 0.3) is 0 Å². The number of carbonyl (C=O) groups is 2. The van der Waals surface area contributed by atoms with E-state index in [9.17, 15) is 9.59 Å². The average molecular weight is 644 g/mol. The third-order valence-electron chi connectivity index (χ3n) is 8.36. The van der Waals surface area contributed by atoms with Crippen LogP contribution in [0.25, 0.3) is 11.3 Å². The number of anilines is 1. The number of hydrogen-bond donors (Lipinski definition) is 3. The van der Waals surface area contributed by atoms with E-state index in [4.69, 9.17) is 15.2 Å². The second kappa shape index (κ2) is 18.8. The SMILES string of the molecule is CCCCC(=O)NN(C)Cc1cc(C#CCCCOCCNC2CCC(n3cc(-c4ccc(N)c(OC)c4)nn3)CC2)ccc1C=O. The number of amides is 1. The summed E-state index contributed by atoms with van der Waals surface area (Å²) < 4.78 is 13.2. The summed E-state index contributed by atoms with van der Waals surface area (Å²) in [6.45, 7) is 4.64. The van der Waals surface area contributed by atoms with Gasteiger partial charge in [0.15, 0.2) is 0 Å². The average Bonchev–Trinajstić information content (AvgIpc) is 3.57. The summed E-state index contributed by atoms with van der Waals surface area (Å²) in [6, 6.07) is 12.1. The molecular formula is C36H49N7O4. The molecule has 1 aliphatic rings. The van der Waals surface area contributed by atoms with Gasteiger partial charge in [0.05, 0.1) is 31.6 Å². The summed E-state index contributed by atoms with van der Waals surface area (Å²) in [4.78, 5) is 23.6. The van der Waals surface area contributed by atoms with Gasteiger partial charge < -0.3 is 20.5 Å². The van der Waals surface area contributed by atoms with E-state index in [1.54, 1.807) is 25.2 Å². The molecule has 1 aromatic heterocycles. The molecule has 0 atom stereocenters. The zero-order valence-corrected chi connectivity index (χ0v) is 28.0. The fourth-order valence-corrected chi connectivity index (χ4v) is 5.70. The summed E-state index contributed by atoms with van der Waals surface area (Å²) in [7, 11) is 3.41. The highest BCUT2D eigenvalue weighted by molar-refractivity contribution is 5.78. The summed E-state index contributed by atoms with van der Waals surface area (Å²) in [5.41, 5.74) is 13.4. The van der Waals surface area contributed by atoms with Crippen molar-refractivity contribution in [2.75, 3.05) is 39.6 Å². The Kier molecular flexibility index (Phi) is 14.2. The molecule has 0 radical (unpaired) electrons. The highest BCUT2D eigenvalue weighted by Crippen LogP contribution is 2.31. The van der Waals surface area contributed by atoms with Crippen LogP contribution in [0.3, 0.4) is 0 Å². The van der Waals surface area contributed by atoms with Crippen LogP contribution in [-0.4, -0.2) is 72.2 Å². The number of hydrazine groups is 1. The number of ether oxygens (including phenoxy) is 2. The number of hydrogen-bond acceptors (Lipinski definition) is 9. The second-order valence-electron chi connectivity index (χ2n) is 12.0. The van der Waals surface area contributed by atoms with Gasteiger partial charge in [0.2, 0.25) is 5.91 Å². The lowest BCUT2D eigenvalue weighted by Crippen LogP contribution is -2.38. The maximum absolute atomic E-state index is 12.0. The van der Waals surface area contributed by atoms with Gasteiger partial charge in [-0.3, -0.25) is 15.0 Å². The van der Waals surface area contributed by atoms with Crippen LogP contribution < -0.4 is 21.2 Å². The zero-order valence-electron chi connectivity index (χ0n) is 28.0. The van der Waals surface area contributed by atoms with Gasteiger partial charge >= 0.3 is 0 Å². The predicted octanol–water partition coefficient (Wildman–Crippen LogP) is 4.92. The van der Waals surface area contributed by atoms with Crippen LogP contribution in [0.1, 0.15) is 92.2 Å². The van der Waals surface area contributed by atoms with Crippen molar-refractivity contribution in [3.63, 3.8) is 0 Å². The molecule has 0 unspecified atom stereocenters. The number of unbranched alkanes of at least 4 members (excludes halogenated alkanes) is 2. The molecule has 3 aromatic rings. The number of carbonyl (C=O) groups excluding carboxylic acids is 2. The lowest BCUT2D eigenvalue weighted by molar-refractivity contribution is -0.125. The first kappa shape index (κ1) is 35.6. The molecule has 1 amide bonds. The van der Waals surface area contributed by atoms with E-state index < -0.39 is 0 Å². The van der Waals surface area contributed by atoms with Crippen molar-refractivity contribution in [2.45, 2.75) is 83.3 Å². The van der Waals surface area contributed by atoms with Crippen LogP contribution >= 0.6 is 0 Å². The van der Waals surface area contributed by atoms with Gasteiger partial charge in [-0.1, -0.05) is 42.5 Å². The number of nitrogens with zero attached hydrogens (tertiary/aromatic N) is 4. The Labute approximate surface area is 278 Å². The molecule has 47 heavy (non-hydrogen) atoms. The van der Waals surface area contributed by atoms with Crippen molar-refractivity contribution in [2.24, 2.45) is 0 Å². The van der Waals surface area contributed by atoms with E-state index in [-0.39, 0.29) is 5.91 Å². The number of methoxy groups -OCH3 is 1. The Balaban J connectivity index is 1.09. The fourth-order valence-electron chi connectivity index (χ4n) is 5.70. The Morgan fingerprint density at radius 1 is 1.15 bits per heavy atom. The maximum atomic E-state index is 12.0. The third kappa shape index (κ3) is 11.2. The third-order valence-corrected chi connectivity index (χ3v) is 8.36. The van der Waals surface area contributed by atoms with E-state index in [1.165, 1.54) is 0 Å². The largest absolute Gasteiger partial charge is 0.495 e. The van der Waals surface area contributed by atoms with Crippen molar-refractivity contribution in [3.8, 4) is 28.8 Å². The molecule has 4 N–H and O–H groups in total. The predicted molar refractivity (Wildman–Crippen MR) is 184 cm³/mol. The lowest BCUT2D eigenvalue weighted by Gasteiger charge is -2.29. The molecule has 0 saturated heterocycles. The van der Waals surface area contributed by atoms with Gasteiger partial charge in [-0.05, 0) is 68.4 Å². The monoisotopic (exact) mass is 643 g/mol. The Morgan fingerprint density at radius 2 is 1.98 bits per heavy atom. The second-order valence-corrected chi connectivity index (χ2v) is 12.0. The van der Waals surface area contributed by atoms with E-state index in [0.29, 0.717) is 55.3 Å². The fraction of sp³-hybridized carbons (Fsp3) is 0.500. The molecule has 252 valence electrons. The van der Waals surface area contributed by atoms with E-state index in [0.717, 1.165) is 86.6 Å². The van der Waals surface area contributed by atoms with Gasteiger partial charge in [0.1, 0.15) is 17.7 Å². The minimum atomic E-state index is -0.0185. The number of aldehydes is 1. The van der Waals surface area contributed by atoms with E-state index in [1.807, 2.05) is 41.2 Å². The smallest absolute Gasteiger partial charge is 0.234 e. The van der Waals surface area contributed by atoms with Gasteiger partial charge in [-0.25, -0.2) is 9.69 Å². The summed E-state index contributed by atoms with van der Waals surface area (Å²) in [5, 5.41) is 14.1. The molecule has 11 nitrogen and oxygen atoms in total. The molecule has 0 spiro atoms. The van der Waals surface area contributed by atoms with Crippen molar-refractivity contribution in [1.29, 1.82) is 0 Å². The Morgan fingerprint density at radius 3 is 2.74 bits per heavy atom. The highest BCUT2D eigenvalue weighted by atomic mass is 16.5. The standard InChI is InChI=1S/C36H49N7O4/c1-4-5-10-36(45)40-42(2)24-30-22-27(11-12-29(30)26-44)9-7-6-8-20-47-21-19-38-31-14-16-32(17-15-31)43-25-34(39-41-43)28-13-18-33(37)35(23-28)46-3/h11-13,18,22-23,25-26,31-32,38H,4-6,8,10,14-17,19-21,24,37H2,1-3H3,(H,40,45). The topological polar surface area (TPSA) is 137 Å². The van der Waals surface area contributed by atoms with Crippen LogP contribution in [0, 0.1) is 11.8 Å². The minimum Gasteiger partial charge on any atom is -0.495 e. The number of benzene rings is 2. The minimum absolute atomic E-state index is 0.0185. The summed E-state index contributed by atoms with van der Waals surface area (Å²) >= 11 is 0.